The molecule has 1 heterocycles. The lowest BCUT2D eigenvalue weighted by molar-refractivity contribution is -0.118. The normalized spacial score (nSPS) is 10.2. The van der Waals surface area contributed by atoms with Crippen LogP contribution in [0.5, 0.6) is 5.88 Å². The molecule has 18 heavy (non-hydrogen) atoms. The van der Waals surface area contributed by atoms with Gasteiger partial charge in [-0.1, -0.05) is 11.3 Å². The highest BCUT2D eigenvalue weighted by Crippen LogP contribution is 2.29. The molecule has 0 spiro atoms. The van der Waals surface area contributed by atoms with Gasteiger partial charge in [-0.05, 0) is 0 Å². The molecule has 0 aliphatic carbocycles. The lowest BCUT2D eigenvalue weighted by Crippen LogP contribution is -2.29. The largest absolute Gasteiger partial charge is 0.480 e. The maximum atomic E-state index is 10.7. The summed E-state index contributed by atoms with van der Waals surface area (Å²) in [5.74, 6) is 0.651. The van der Waals surface area contributed by atoms with Crippen molar-refractivity contribution in [2.24, 2.45) is 0 Å². The minimum Gasteiger partial charge on any atom is -0.480 e. The first-order valence-corrected chi connectivity index (χ1v) is 6.52. The highest BCUT2D eigenvalue weighted by Gasteiger charge is 2.12. The van der Waals surface area contributed by atoms with Crippen molar-refractivity contribution in [2.45, 2.75) is 13.5 Å². The number of anilines is 1. The summed E-state index contributed by atoms with van der Waals surface area (Å²) in [4.78, 5) is 18.1. The van der Waals surface area contributed by atoms with Gasteiger partial charge in [-0.3, -0.25) is 4.79 Å². The van der Waals surface area contributed by atoms with Crippen LogP contribution in [-0.2, 0) is 11.3 Å². The van der Waals surface area contributed by atoms with Crippen molar-refractivity contribution in [1.29, 1.82) is 0 Å². The van der Waals surface area contributed by atoms with Crippen molar-refractivity contribution >= 4 is 22.4 Å². The van der Waals surface area contributed by atoms with Crippen molar-refractivity contribution < 1.29 is 9.53 Å². The van der Waals surface area contributed by atoms with Gasteiger partial charge in [0.1, 0.15) is 0 Å². The molecule has 0 bridgehead atoms. The average molecular weight is 272 g/mol. The van der Waals surface area contributed by atoms with Gasteiger partial charge in [0.2, 0.25) is 11.8 Å². The molecule has 0 atom stereocenters. The minimum absolute atomic E-state index is 0.0120. The molecule has 0 aromatic carbocycles. The van der Waals surface area contributed by atoms with E-state index in [0.29, 0.717) is 19.0 Å². The summed E-state index contributed by atoms with van der Waals surface area (Å²) in [5, 5.41) is 6.89. The number of rotatable bonds is 7. The Morgan fingerprint density at radius 3 is 2.72 bits per heavy atom. The minimum atomic E-state index is -0.0120. The van der Waals surface area contributed by atoms with Crippen LogP contribution in [0.15, 0.2) is 0 Å². The molecular weight excluding hydrogens is 252 g/mol. The lowest BCUT2D eigenvalue weighted by Gasteiger charge is -2.05. The molecule has 7 heteroatoms. The Kier molecular flexibility index (Phi) is 5.87. The number of ether oxygens (including phenoxy) is 1. The van der Waals surface area contributed by atoms with Gasteiger partial charge in [0.25, 0.3) is 0 Å². The SMILES string of the molecule is COc1nc(N(C)C)sc1CNCCNC(C)=O. The number of thiazole rings is 1. The van der Waals surface area contributed by atoms with Crippen molar-refractivity contribution in [1.82, 2.24) is 15.6 Å². The Balaban J connectivity index is 2.43. The van der Waals surface area contributed by atoms with Crippen LogP contribution in [0.25, 0.3) is 0 Å². The summed E-state index contributed by atoms with van der Waals surface area (Å²) in [7, 11) is 5.52. The second kappa shape index (κ2) is 7.17. The number of carbonyl (C=O) groups excluding carboxylic acids is 1. The molecule has 1 aromatic rings. The standard InChI is InChI=1S/C11H20N4O2S/c1-8(16)13-6-5-12-7-9-10(17-4)14-11(18-9)15(2)3/h12H,5-7H2,1-4H3,(H,13,16). The monoisotopic (exact) mass is 272 g/mol. The van der Waals surface area contributed by atoms with Crippen molar-refractivity contribution in [3.8, 4) is 5.88 Å². The Morgan fingerprint density at radius 1 is 1.44 bits per heavy atom. The third-order valence-corrected chi connectivity index (χ3v) is 3.39. The summed E-state index contributed by atoms with van der Waals surface area (Å²) in [6.45, 7) is 3.54. The quantitative estimate of drug-likeness (QED) is 0.705. The summed E-state index contributed by atoms with van der Waals surface area (Å²) >= 11 is 1.60. The molecule has 1 amide bonds. The highest BCUT2D eigenvalue weighted by atomic mass is 32.1. The summed E-state index contributed by atoms with van der Waals surface area (Å²) in [6.07, 6.45) is 0. The molecule has 0 saturated heterocycles. The zero-order valence-electron chi connectivity index (χ0n) is 11.2. The van der Waals surface area contributed by atoms with E-state index in [1.54, 1.807) is 18.4 Å². The van der Waals surface area contributed by atoms with Crippen LogP contribution < -0.4 is 20.3 Å². The van der Waals surface area contributed by atoms with Gasteiger partial charge in [-0.25, -0.2) is 0 Å². The first-order chi connectivity index (χ1) is 8.54. The van der Waals surface area contributed by atoms with E-state index in [9.17, 15) is 4.79 Å². The van der Waals surface area contributed by atoms with Crippen LogP contribution in [0.4, 0.5) is 5.13 Å². The number of carbonyl (C=O) groups is 1. The molecule has 102 valence electrons. The third-order valence-electron chi connectivity index (χ3n) is 2.19. The molecule has 0 unspecified atom stereocenters. The topological polar surface area (TPSA) is 66.5 Å². The fraction of sp³-hybridized carbons (Fsp3) is 0.636. The fourth-order valence-electron chi connectivity index (χ4n) is 1.32. The summed E-state index contributed by atoms with van der Waals surface area (Å²) < 4.78 is 5.23. The Bertz CT molecular complexity index is 392. The number of nitrogens with zero attached hydrogens (tertiary/aromatic N) is 2. The molecule has 1 aromatic heterocycles. The van der Waals surface area contributed by atoms with E-state index in [-0.39, 0.29) is 5.91 Å². The molecule has 0 fully saturated rings. The van der Waals surface area contributed by atoms with Crippen LogP contribution in [0.2, 0.25) is 0 Å². The smallest absolute Gasteiger partial charge is 0.230 e. The highest BCUT2D eigenvalue weighted by molar-refractivity contribution is 7.15. The molecule has 0 saturated carbocycles. The number of hydrogen-bond acceptors (Lipinski definition) is 6. The first-order valence-electron chi connectivity index (χ1n) is 5.70. The number of hydrogen-bond donors (Lipinski definition) is 2. The zero-order valence-corrected chi connectivity index (χ0v) is 12.1. The van der Waals surface area contributed by atoms with Gasteiger partial charge in [0.05, 0.1) is 12.0 Å². The second-order valence-corrected chi connectivity index (χ2v) is 5.05. The van der Waals surface area contributed by atoms with Gasteiger partial charge in [-0.2, -0.15) is 4.98 Å². The van der Waals surface area contributed by atoms with Crippen LogP contribution in [0.3, 0.4) is 0 Å². The Morgan fingerprint density at radius 2 is 2.17 bits per heavy atom. The molecular formula is C11H20N4O2S. The van der Waals surface area contributed by atoms with E-state index in [2.05, 4.69) is 15.6 Å². The second-order valence-electron chi connectivity index (χ2n) is 3.98. The fourth-order valence-corrected chi connectivity index (χ4v) is 2.24. The van der Waals surface area contributed by atoms with Crippen LogP contribution >= 0.6 is 11.3 Å². The molecule has 0 radical (unpaired) electrons. The lowest BCUT2D eigenvalue weighted by atomic mass is 10.5. The molecule has 6 nitrogen and oxygen atoms in total. The predicted molar refractivity (Wildman–Crippen MR) is 73.4 cm³/mol. The summed E-state index contributed by atoms with van der Waals surface area (Å²) in [6, 6.07) is 0. The van der Waals surface area contributed by atoms with E-state index in [0.717, 1.165) is 16.6 Å². The molecule has 2 N–H and O–H groups in total. The zero-order chi connectivity index (χ0) is 13.5. The van der Waals surface area contributed by atoms with Gasteiger partial charge in [-0.15, -0.1) is 0 Å². The van der Waals surface area contributed by atoms with E-state index in [4.69, 9.17) is 4.74 Å². The van der Waals surface area contributed by atoms with Crippen LogP contribution in [-0.4, -0.2) is 45.2 Å². The predicted octanol–water partition coefficient (Wildman–Crippen LogP) is 0.443. The van der Waals surface area contributed by atoms with Gasteiger partial charge >= 0.3 is 0 Å². The van der Waals surface area contributed by atoms with Crippen LogP contribution in [0.1, 0.15) is 11.8 Å². The number of aromatic nitrogens is 1. The molecule has 0 aliphatic heterocycles. The van der Waals surface area contributed by atoms with Gasteiger partial charge in [0, 0.05) is 40.7 Å². The van der Waals surface area contributed by atoms with Gasteiger partial charge in [0.15, 0.2) is 5.13 Å². The van der Waals surface area contributed by atoms with E-state index in [1.165, 1.54) is 6.92 Å². The third kappa shape index (κ3) is 4.50. The van der Waals surface area contributed by atoms with Crippen molar-refractivity contribution in [3.05, 3.63) is 4.88 Å². The van der Waals surface area contributed by atoms with E-state index in [1.807, 2.05) is 19.0 Å². The van der Waals surface area contributed by atoms with Crippen LogP contribution in [0, 0.1) is 0 Å². The summed E-state index contributed by atoms with van der Waals surface area (Å²) in [5.41, 5.74) is 0. The van der Waals surface area contributed by atoms with Crippen molar-refractivity contribution in [3.63, 3.8) is 0 Å². The Labute approximate surface area is 111 Å². The van der Waals surface area contributed by atoms with E-state index < -0.39 is 0 Å². The number of amides is 1. The average Bonchev–Trinajstić information content (AvgIpc) is 2.71. The molecule has 0 aliphatic rings. The number of nitrogens with one attached hydrogen (secondary N) is 2. The first kappa shape index (κ1) is 14.7. The maximum absolute atomic E-state index is 10.7. The number of methoxy groups -OCH3 is 1. The van der Waals surface area contributed by atoms with Gasteiger partial charge < -0.3 is 20.3 Å². The van der Waals surface area contributed by atoms with Crippen molar-refractivity contribution in [2.75, 3.05) is 39.2 Å². The molecule has 1 rings (SSSR count). The maximum Gasteiger partial charge on any atom is 0.230 e. The van der Waals surface area contributed by atoms with E-state index >= 15 is 0 Å². The Hall–Kier alpha value is -1.34.